The van der Waals surface area contributed by atoms with E-state index in [1.165, 1.54) is 28.9 Å². The molecule has 30 heteroatoms. The Morgan fingerprint density at radius 3 is 1.54 bits per heavy atom. The van der Waals surface area contributed by atoms with Crippen LogP contribution in [0.2, 0.25) is 0 Å². The van der Waals surface area contributed by atoms with Crippen molar-refractivity contribution in [1.29, 1.82) is 0 Å². The topological polar surface area (TPSA) is 224 Å². The maximum atomic E-state index is 15.8. The minimum Gasteiger partial charge on any atom is -1.00 e. The minimum atomic E-state index is -2.86. The Labute approximate surface area is 638 Å². The third kappa shape index (κ3) is 15.2. The molecule has 11 heterocycles. The van der Waals surface area contributed by atoms with Gasteiger partial charge in [-0.3, -0.25) is 23.7 Å². The van der Waals surface area contributed by atoms with Crippen LogP contribution >= 0.6 is 15.9 Å². The molecule has 2 aromatic carbocycles. The fraction of sp³-hybridized carbons (Fsp3) is 0.484. The Morgan fingerprint density at radius 2 is 1.10 bits per heavy atom. The SMILES string of the molecule is C.CC1C(=O)N(C)Cc2c(-c3c(F)ccc4nc(-c5ccn(C)n5)c(C(F)F)cc34)nc(C3(C)CCOCC3)n21.CC1C(=O)N(C)Cc2c(Br)nc(C3(C)CCOCC3)n21.Cn1ccc(-c2nc3cccc(B4OC(C)(C)C(C)(C)O4)c3cc2C(F)F)n1.O=CO[O-].[H-].[K+].[K+]. The van der Waals surface area contributed by atoms with Crippen molar-refractivity contribution in [2.75, 3.05) is 40.5 Å². The van der Waals surface area contributed by atoms with Gasteiger partial charge in [-0.1, -0.05) is 33.4 Å². The number of nitrogens with zero attached hydrogens (tertiary/aromatic N) is 12. The molecule has 6 aromatic heterocycles. The number of alkyl halides is 4. The number of amides is 2. The van der Waals surface area contributed by atoms with E-state index in [-0.39, 0.29) is 181 Å². The zero-order valence-electron chi connectivity index (χ0n) is 55.7. The molecule has 13 rings (SSSR count). The average Bonchev–Trinajstić information content (AvgIpc) is 1.62. The molecule has 3 fully saturated rings. The number of halogens is 6. The molecule has 0 bridgehead atoms. The molecule has 0 N–H and O–H groups in total. The Hall–Kier alpha value is -4.22. The third-order valence-corrected chi connectivity index (χ3v) is 19.0. The molecule has 3 saturated heterocycles. The second-order valence-electron chi connectivity index (χ2n) is 25.1. The van der Waals surface area contributed by atoms with Gasteiger partial charge in [-0.25, -0.2) is 41.9 Å². The van der Waals surface area contributed by atoms with Gasteiger partial charge in [0.05, 0.1) is 52.4 Å². The molecule has 21 nitrogen and oxygen atoms in total. The van der Waals surface area contributed by atoms with Crippen molar-refractivity contribution in [2.24, 2.45) is 14.1 Å². The van der Waals surface area contributed by atoms with Crippen LogP contribution in [0.1, 0.15) is 149 Å². The number of hydrogen-bond acceptors (Lipinski definition) is 15. The van der Waals surface area contributed by atoms with Gasteiger partial charge in [0.1, 0.15) is 56.9 Å². The Kier molecular flexibility index (Phi) is 25.4. The number of benzene rings is 2. The van der Waals surface area contributed by atoms with Gasteiger partial charge in [-0.2, -0.15) is 10.2 Å². The van der Waals surface area contributed by atoms with E-state index in [2.05, 4.69) is 59.4 Å². The number of pyridine rings is 2. The minimum absolute atomic E-state index is 0. The van der Waals surface area contributed by atoms with E-state index >= 15 is 4.39 Å². The molecule has 8 aromatic rings. The van der Waals surface area contributed by atoms with Gasteiger partial charge in [0, 0.05) is 105 Å². The van der Waals surface area contributed by atoms with Crippen LogP contribution in [0.5, 0.6) is 0 Å². The molecule has 0 radical (unpaired) electrons. The molecule has 494 valence electrons. The van der Waals surface area contributed by atoms with Crippen LogP contribution in [0, 0.1) is 5.82 Å². The van der Waals surface area contributed by atoms with Crippen LogP contribution in [0.25, 0.3) is 55.8 Å². The largest absolute Gasteiger partial charge is 1.00 e. The number of rotatable bonds is 9. The first-order valence-corrected chi connectivity index (χ1v) is 30.6. The van der Waals surface area contributed by atoms with Gasteiger partial charge in [0.2, 0.25) is 11.8 Å². The molecule has 2 amide bonds. The molecule has 5 aliphatic rings. The van der Waals surface area contributed by atoms with Crippen LogP contribution in [-0.2, 0) is 76.1 Å². The first kappa shape index (κ1) is 77.1. The maximum absolute atomic E-state index is 15.8. The second-order valence-corrected chi connectivity index (χ2v) is 25.9. The number of aromatic nitrogens is 10. The number of carbonyl (C=O) groups is 3. The van der Waals surface area contributed by atoms with Gasteiger partial charge in [0.15, 0.2) is 0 Å². The quantitative estimate of drug-likeness (QED) is 0.0639. The Balaban J connectivity index is 0.000000225. The van der Waals surface area contributed by atoms with E-state index < -0.39 is 48.4 Å². The van der Waals surface area contributed by atoms with Crippen molar-refractivity contribution in [3.63, 3.8) is 0 Å². The van der Waals surface area contributed by atoms with Gasteiger partial charge >= 0.3 is 110 Å². The van der Waals surface area contributed by atoms with Crippen LogP contribution in [0.4, 0.5) is 22.0 Å². The Bertz CT molecular complexity index is 4050. The summed E-state index contributed by atoms with van der Waals surface area (Å²) in [5.41, 5.74) is 2.89. The summed E-state index contributed by atoms with van der Waals surface area (Å²) in [6.45, 7) is 19.2. The maximum Gasteiger partial charge on any atom is 1.00 e. The summed E-state index contributed by atoms with van der Waals surface area (Å²) in [7, 11) is 6.33. The number of imidazole rings is 2. The number of likely N-dealkylation sites (N-methyl/N-ethyl adjacent to an activating group) is 2. The van der Waals surface area contributed by atoms with Crippen molar-refractivity contribution in [2.45, 2.75) is 149 Å². The van der Waals surface area contributed by atoms with Crippen molar-refractivity contribution in [3.05, 3.63) is 112 Å². The summed E-state index contributed by atoms with van der Waals surface area (Å²) >= 11 is 3.57. The normalized spacial score (nSPS) is 19.1. The van der Waals surface area contributed by atoms with E-state index in [9.17, 15) is 27.2 Å². The second kappa shape index (κ2) is 30.9. The summed E-state index contributed by atoms with van der Waals surface area (Å²) in [6, 6.07) is 13.6. The van der Waals surface area contributed by atoms with E-state index in [1.807, 2.05) is 65.3 Å². The molecule has 2 atom stereocenters. The predicted molar refractivity (Wildman–Crippen MR) is 337 cm³/mol. The van der Waals surface area contributed by atoms with E-state index in [0.717, 1.165) is 42.2 Å². The molecule has 0 saturated carbocycles. The monoisotopic (exact) mass is 1420 g/mol. The fourth-order valence-electron chi connectivity index (χ4n) is 12.3. The van der Waals surface area contributed by atoms with E-state index in [1.54, 1.807) is 66.2 Å². The van der Waals surface area contributed by atoms with Crippen LogP contribution in [0.15, 0.2) is 71.6 Å². The van der Waals surface area contributed by atoms with E-state index in [0.29, 0.717) is 83.1 Å². The summed E-state index contributed by atoms with van der Waals surface area (Å²) in [6.07, 6.45) is 1.12. The standard InChI is InChI=1S/C28H29F3N6O2.C20H22BF2N3O2.C14H20BrN3O2.CH2O3.CH4.2K.H/c1-15-26(38)35(3)14-21-24(33-27(37(15)21)28(2)8-11-39-12-9-28)22-16-13-17(25(30)31)23(20-7-10-36(4)34-20)32-19(16)6-5-18(22)29;1-19(2)20(3,4)28-21(27-19)14-7-6-8-15-12(14)11-13(18(22)23)17(24-15)16-9-10-26(5)25-16;1-9-12(19)17(3)8-10-11(15)16-13(18(9)10)14(2)4-6-20-7-5-14;2-1-4-3;;;;/h5-7,10,13,15,25H,8-9,11-12,14H2,1-4H3;6-11,18H,1-5H3;9H,4-8H2,1-3H3;1,3H;1H4;;;/q;;;;;2*+1;-1/p-1. The van der Waals surface area contributed by atoms with Gasteiger partial charge in [0.25, 0.3) is 19.3 Å². The summed E-state index contributed by atoms with van der Waals surface area (Å²) in [5, 5.41) is 17.8. The molecular weight excluding hydrogens is 1340 g/mol. The third-order valence-electron chi connectivity index (χ3n) is 18.3. The number of carbonyl (C=O) groups excluding carboxylic acids is 3. The molecule has 0 aliphatic carbocycles. The smallest absolute Gasteiger partial charge is 1.00 e. The van der Waals surface area contributed by atoms with Gasteiger partial charge < -0.3 is 49.3 Å². The Morgan fingerprint density at radius 1 is 0.660 bits per heavy atom. The van der Waals surface area contributed by atoms with Crippen molar-refractivity contribution in [3.8, 4) is 34.0 Å². The fourth-order valence-corrected chi connectivity index (χ4v) is 12.8. The molecule has 2 unspecified atom stereocenters. The molecule has 94 heavy (non-hydrogen) atoms. The number of hydrogen-bond donors (Lipinski definition) is 0. The number of ether oxygens (including phenoxy) is 2. The molecular formula is C64H77BBrF5K2N12O9. The van der Waals surface area contributed by atoms with Crippen LogP contribution in [0.3, 0.4) is 0 Å². The molecule has 0 spiro atoms. The summed E-state index contributed by atoms with van der Waals surface area (Å²) in [4.78, 5) is 58.7. The first-order chi connectivity index (χ1) is 43.0. The van der Waals surface area contributed by atoms with Crippen molar-refractivity contribution >= 4 is 68.6 Å². The van der Waals surface area contributed by atoms with Crippen LogP contribution < -0.4 is 113 Å². The van der Waals surface area contributed by atoms with Crippen LogP contribution in [-0.4, -0.2) is 136 Å². The van der Waals surface area contributed by atoms with Gasteiger partial charge in [-0.15, -0.1) is 0 Å². The summed E-state index contributed by atoms with van der Waals surface area (Å²) < 4.78 is 104. The zero-order valence-corrected chi connectivity index (χ0v) is 62.5. The predicted octanol–water partition coefficient (Wildman–Crippen LogP) is 4.49. The molecule has 5 aliphatic heterocycles. The number of aryl methyl sites for hydroxylation is 2. The van der Waals surface area contributed by atoms with E-state index in [4.69, 9.17) is 38.8 Å². The van der Waals surface area contributed by atoms with Crippen molar-refractivity contribution in [1.82, 2.24) is 58.4 Å². The number of fused-ring (bicyclic) bond motifs is 4. The average molecular weight is 1420 g/mol. The zero-order chi connectivity index (χ0) is 65.8. The first-order valence-electron chi connectivity index (χ1n) is 29.8. The summed E-state index contributed by atoms with van der Waals surface area (Å²) in [5.74, 6) is 1.21. The van der Waals surface area contributed by atoms with Gasteiger partial charge in [-0.05, 0) is 131 Å². The van der Waals surface area contributed by atoms with Crippen molar-refractivity contribution < 1.29 is 169 Å².